The molecule has 4 unspecified atom stereocenters. The standard InChI is InChI=1S/C11H15N3O6S/c1-21-11-13-8(4(2-15)9(19)14-11)12-10-7(18)6(17)5(16)3-20-10/h2,5-7,10,16-18H,3H2,1H3,(H2,12,13,14,19). The number of nitrogens with one attached hydrogen (secondary N) is 2. The molecule has 0 spiro atoms. The fourth-order valence-electron chi connectivity index (χ4n) is 1.85. The number of thioether (sulfide) groups is 1. The Hall–Kier alpha value is -1.46. The summed E-state index contributed by atoms with van der Waals surface area (Å²) in [5.74, 6) is -0.0641. The van der Waals surface area contributed by atoms with Gasteiger partial charge in [0, 0.05) is 0 Å². The fourth-order valence-corrected chi connectivity index (χ4v) is 2.22. The molecule has 1 aromatic heterocycles. The number of rotatable bonds is 4. The molecular formula is C11H15N3O6S. The van der Waals surface area contributed by atoms with Crippen molar-refractivity contribution in [3.05, 3.63) is 15.9 Å². The molecule has 116 valence electrons. The number of aliphatic hydroxyl groups is 3. The van der Waals surface area contributed by atoms with E-state index >= 15 is 0 Å². The predicted molar refractivity (Wildman–Crippen MR) is 73.4 cm³/mol. The molecule has 2 heterocycles. The van der Waals surface area contributed by atoms with Crippen molar-refractivity contribution in [1.29, 1.82) is 0 Å². The van der Waals surface area contributed by atoms with Gasteiger partial charge in [0.15, 0.2) is 17.7 Å². The van der Waals surface area contributed by atoms with Gasteiger partial charge in [-0.15, -0.1) is 0 Å². The molecule has 4 atom stereocenters. The Bertz CT molecular complexity index is 580. The van der Waals surface area contributed by atoms with Crippen molar-refractivity contribution >= 4 is 23.9 Å². The number of nitrogens with zero attached hydrogens (tertiary/aromatic N) is 1. The molecule has 0 radical (unpaired) electrons. The van der Waals surface area contributed by atoms with Gasteiger partial charge in [-0.1, -0.05) is 11.8 Å². The number of aromatic nitrogens is 2. The Morgan fingerprint density at radius 2 is 2.14 bits per heavy atom. The van der Waals surface area contributed by atoms with Crippen molar-refractivity contribution in [1.82, 2.24) is 9.97 Å². The molecule has 10 heteroatoms. The minimum absolute atomic E-state index is 0.0641. The van der Waals surface area contributed by atoms with E-state index in [9.17, 15) is 24.9 Å². The Morgan fingerprint density at radius 3 is 2.76 bits per heavy atom. The molecule has 0 saturated carbocycles. The van der Waals surface area contributed by atoms with Crippen molar-refractivity contribution < 1.29 is 24.9 Å². The average molecular weight is 317 g/mol. The van der Waals surface area contributed by atoms with Crippen molar-refractivity contribution in [3.8, 4) is 0 Å². The van der Waals surface area contributed by atoms with Crippen LogP contribution in [0.1, 0.15) is 10.4 Å². The molecule has 2 rings (SSSR count). The maximum absolute atomic E-state index is 11.7. The number of aldehydes is 1. The summed E-state index contributed by atoms with van der Waals surface area (Å²) in [7, 11) is 0. The quantitative estimate of drug-likeness (QED) is 0.245. The molecule has 0 aromatic carbocycles. The first-order valence-corrected chi connectivity index (χ1v) is 7.26. The maximum Gasteiger partial charge on any atom is 0.264 e. The SMILES string of the molecule is CSc1nc(NC2OCC(O)C(O)C2O)c(C=O)c(=O)[nH]1. The summed E-state index contributed by atoms with van der Waals surface area (Å²) < 4.78 is 5.14. The first kappa shape index (κ1) is 15.9. The van der Waals surface area contributed by atoms with Gasteiger partial charge in [-0.05, 0) is 6.26 Å². The lowest BCUT2D eigenvalue weighted by Crippen LogP contribution is -2.55. The zero-order valence-corrected chi connectivity index (χ0v) is 11.8. The van der Waals surface area contributed by atoms with Crippen LogP contribution in [0.25, 0.3) is 0 Å². The zero-order valence-electron chi connectivity index (χ0n) is 11.0. The van der Waals surface area contributed by atoms with Gasteiger partial charge >= 0.3 is 0 Å². The number of aromatic amines is 1. The number of aliphatic hydroxyl groups excluding tert-OH is 3. The van der Waals surface area contributed by atoms with E-state index in [1.54, 1.807) is 6.26 Å². The first-order chi connectivity index (χ1) is 9.97. The van der Waals surface area contributed by atoms with E-state index < -0.39 is 30.1 Å². The highest BCUT2D eigenvalue weighted by atomic mass is 32.2. The molecule has 1 aromatic rings. The van der Waals surface area contributed by atoms with Crippen LogP contribution in [0.3, 0.4) is 0 Å². The second-order valence-corrected chi connectivity index (χ2v) is 5.20. The van der Waals surface area contributed by atoms with Crippen LogP contribution >= 0.6 is 11.8 Å². The minimum Gasteiger partial charge on any atom is -0.388 e. The number of hydrogen-bond acceptors (Lipinski definition) is 9. The lowest BCUT2D eigenvalue weighted by Gasteiger charge is -2.35. The van der Waals surface area contributed by atoms with Crippen LogP contribution in [0.15, 0.2) is 9.95 Å². The number of hydrogen-bond donors (Lipinski definition) is 5. The minimum atomic E-state index is -1.44. The van der Waals surface area contributed by atoms with Crippen LogP contribution < -0.4 is 10.9 Å². The van der Waals surface area contributed by atoms with Crippen molar-refractivity contribution in [2.75, 3.05) is 18.2 Å². The molecule has 1 saturated heterocycles. The smallest absolute Gasteiger partial charge is 0.264 e. The average Bonchev–Trinajstić information content (AvgIpc) is 2.47. The fraction of sp³-hybridized carbons (Fsp3) is 0.545. The number of ether oxygens (including phenoxy) is 1. The van der Waals surface area contributed by atoms with Crippen molar-refractivity contribution in [2.24, 2.45) is 0 Å². The van der Waals surface area contributed by atoms with Crippen LogP contribution in [0.4, 0.5) is 5.82 Å². The van der Waals surface area contributed by atoms with Gasteiger partial charge in [0.1, 0.15) is 29.7 Å². The van der Waals surface area contributed by atoms with Gasteiger partial charge in [-0.3, -0.25) is 9.59 Å². The van der Waals surface area contributed by atoms with E-state index in [1.165, 1.54) is 0 Å². The third-order valence-electron chi connectivity index (χ3n) is 3.02. The van der Waals surface area contributed by atoms with Crippen LogP contribution in [0.5, 0.6) is 0 Å². The third kappa shape index (κ3) is 3.24. The molecular weight excluding hydrogens is 302 g/mol. The molecule has 9 nitrogen and oxygen atoms in total. The van der Waals surface area contributed by atoms with Gasteiger partial charge in [-0.25, -0.2) is 4.98 Å². The van der Waals surface area contributed by atoms with E-state index in [0.717, 1.165) is 11.8 Å². The monoisotopic (exact) mass is 317 g/mol. The Morgan fingerprint density at radius 1 is 1.43 bits per heavy atom. The Kier molecular flexibility index (Phi) is 4.96. The molecule has 1 aliphatic heterocycles. The molecule has 0 bridgehead atoms. The maximum atomic E-state index is 11.7. The van der Waals surface area contributed by atoms with Crippen LogP contribution in [0.2, 0.25) is 0 Å². The van der Waals surface area contributed by atoms with Crippen LogP contribution in [-0.4, -0.2) is 69.0 Å². The summed E-state index contributed by atoms with van der Waals surface area (Å²) in [5, 5.41) is 31.7. The zero-order chi connectivity index (χ0) is 15.6. The van der Waals surface area contributed by atoms with Gasteiger partial charge < -0.3 is 30.4 Å². The second kappa shape index (κ2) is 6.54. The summed E-state index contributed by atoms with van der Waals surface area (Å²) in [6.07, 6.45) is -3.14. The summed E-state index contributed by atoms with van der Waals surface area (Å²) in [4.78, 5) is 29.1. The van der Waals surface area contributed by atoms with E-state index in [0.29, 0.717) is 6.29 Å². The molecule has 21 heavy (non-hydrogen) atoms. The number of carbonyl (C=O) groups is 1. The summed E-state index contributed by atoms with van der Waals surface area (Å²) in [6, 6.07) is 0. The Balaban J connectivity index is 2.28. The first-order valence-electron chi connectivity index (χ1n) is 6.03. The van der Waals surface area contributed by atoms with Crippen LogP contribution in [0, 0.1) is 0 Å². The largest absolute Gasteiger partial charge is 0.388 e. The van der Waals surface area contributed by atoms with Crippen molar-refractivity contribution in [2.45, 2.75) is 29.7 Å². The van der Waals surface area contributed by atoms with Gasteiger partial charge in [0.05, 0.1) is 6.61 Å². The van der Waals surface area contributed by atoms with E-state index in [4.69, 9.17) is 4.74 Å². The molecule has 1 aliphatic rings. The number of H-pyrrole nitrogens is 1. The second-order valence-electron chi connectivity index (χ2n) is 4.40. The number of carbonyl (C=O) groups excluding carboxylic acids is 1. The summed E-state index contributed by atoms with van der Waals surface area (Å²) in [5.41, 5.74) is -0.873. The third-order valence-corrected chi connectivity index (χ3v) is 3.60. The molecule has 0 amide bonds. The van der Waals surface area contributed by atoms with E-state index in [1.807, 2.05) is 0 Å². The van der Waals surface area contributed by atoms with Gasteiger partial charge in [0.2, 0.25) is 0 Å². The van der Waals surface area contributed by atoms with Gasteiger partial charge in [-0.2, -0.15) is 0 Å². The molecule has 1 fully saturated rings. The topological polar surface area (TPSA) is 145 Å². The highest BCUT2D eigenvalue weighted by Gasteiger charge is 2.38. The van der Waals surface area contributed by atoms with E-state index in [2.05, 4.69) is 15.3 Å². The molecule has 0 aliphatic carbocycles. The highest BCUT2D eigenvalue weighted by molar-refractivity contribution is 7.98. The van der Waals surface area contributed by atoms with Crippen LogP contribution in [-0.2, 0) is 4.74 Å². The molecule has 5 N–H and O–H groups in total. The van der Waals surface area contributed by atoms with Gasteiger partial charge in [0.25, 0.3) is 5.56 Å². The normalized spacial score (nSPS) is 29.1. The predicted octanol–water partition coefficient (Wildman–Crippen LogP) is -1.84. The lowest BCUT2D eigenvalue weighted by atomic mass is 10.0. The number of anilines is 1. The summed E-state index contributed by atoms with van der Waals surface area (Å²) in [6.45, 7) is -0.203. The summed E-state index contributed by atoms with van der Waals surface area (Å²) >= 11 is 1.16. The lowest BCUT2D eigenvalue weighted by molar-refractivity contribution is -0.178. The Labute approximate surface area is 123 Å². The van der Waals surface area contributed by atoms with Crippen molar-refractivity contribution in [3.63, 3.8) is 0 Å². The highest BCUT2D eigenvalue weighted by Crippen LogP contribution is 2.19. The van der Waals surface area contributed by atoms with E-state index in [-0.39, 0.29) is 23.1 Å².